The highest BCUT2D eigenvalue weighted by Crippen LogP contribution is 2.70. The van der Waals surface area contributed by atoms with E-state index in [0.29, 0.717) is 30.6 Å². The molecule has 0 aromatic rings. The minimum atomic E-state index is -1.48. The van der Waals surface area contributed by atoms with E-state index in [1.165, 1.54) is 40.0 Å². The molecular weight excluding hydrogens is 508 g/mol. The summed E-state index contributed by atoms with van der Waals surface area (Å²) in [4.78, 5) is 36.9. The summed E-state index contributed by atoms with van der Waals surface area (Å²) in [5, 5.41) is 12.6. The van der Waals surface area contributed by atoms with Crippen LogP contribution in [0.15, 0.2) is 0 Å². The first kappa shape index (κ1) is 31.3. The van der Waals surface area contributed by atoms with Crippen molar-refractivity contribution in [3.8, 4) is 0 Å². The van der Waals surface area contributed by atoms with Crippen molar-refractivity contribution in [2.75, 3.05) is 0 Å². The fraction of sp³-hybridized carbons (Fsp3) is 0.909. The van der Waals surface area contributed by atoms with Crippen LogP contribution in [0.3, 0.4) is 0 Å². The second-order valence-corrected chi connectivity index (χ2v) is 14.7. The van der Waals surface area contributed by atoms with Crippen LogP contribution in [0.25, 0.3) is 0 Å². The molecule has 4 aliphatic rings. The predicted octanol–water partition coefficient (Wildman–Crippen LogP) is 6.24. The summed E-state index contributed by atoms with van der Waals surface area (Å²) < 4.78 is 17.7. The lowest BCUT2D eigenvalue weighted by atomic mass is 9.41. The van der Waals surface area contributed by atoms with Gasteiger partial charge in [0.1, 0.15) is 17.8 Å². The number of hydrogen-bond donors (Lipinski definition) is 1. The number of carbonyl (C=O) groups is 3. The quantitative estimate of drug-likeness (QED) is 0.276. The van der Waals surface area contributed by atoms with Gasteiger partial charge in [-0.3, -0.25) is 14.4 Å². The maximum Gasteiger partial charge on any atom is 0.303 e. The largest absolute Gasteiger partial charge is 0.462 e. The van der Waals surface area contributed by atoms with Gasteiger partial charge in [-0.2, -0.15) is 0 Å². The monoisotopic (exact) mass is 562 g/mol. The average Bonchev–Trinajstić information content (AvgIpc) is 3.19. The number of rotatable bonds is 8. The lowest BCUT2D eigenvalue weighted by Gasteiger charge is -2.67. The van der Waals surface area contributed by atoms with Crippen LogP contribution in [0.4, 0.5) is 0 Å². The smallest absolute Gasteiger partial charge is 0.303 e. The molecule has 4 rings (SSSR count). The molecule has 0 unspecified atom stereocenters. The minimum absolute atomic E-state index is 0.00425. The molecule has 228 valence electrons. The van der Waals surface area contributed by atoms with E-state index in [2.05, 4.69) is 34.6 Å². The van der Waals surface area contributed by atoms with Gasteiger partial charge in [0.25, 0.3) is 0 Å². The first-order chi connectivity index (χ1) is 18.6. The van der Waals surface area contributed by atoms with Crippen LogP contribution in [0.2, 0.25) is 0 Å². The van der Waals surface area contributed by atoms with E-state index in [0.717, 1.165) is 31.6 Å². The Hall–Kier alpha value is -1.63. The molecule has 4 aliphatic carbocycles. The molecule has 0 radical (unpaired) electrons. The summed E-state index contributed by atoms with van der Waals surface area (Å²) in [6, 6.07) is 0. The third kappa shape index (κ3) is 5.45. The van der Waals surface area contributed by atoms with E-state index in [-0.39, 0.29) is 29.6 Å². The third-order valence-electron chi connectivity index (χ3n) is 11.9. The SMILES string of the molecule is CC(=O)O[C@H]1CC[C@]2(C)[C@H]3CC[C@]4(C)[C@@H]([C@H](C)CCCC(C)C)CC[C@H]4[C@@H]3[C@@H](OC(C)=O)[C@@H](OC(C)=O)[C@@]2(O)C1. The maximum absolute atomic E-state index is 12.6. The van der Waals surface area contributed by atoms with Crippen LogP contribution >= 0.6 is 0 Å². The van der Waals surface area contributed by atoms with Gasteiger partial charge in [0.2, 0.25) is 0 Å². The molecule has 0 spiro atoms. The van der Waals surface area contributed by atoms with Crippen molar-refractivity contribution in [1.29, 1.82) is 0 Å². The minimum Gasteiger partial charge on any atom is -0.462 e. The van der Waals surface area contributed by atoms with Crippen molar-refractivity contribution < 1.29 is 33.7 Å². The van der Waals surface area contributed by atoms with Crippen molar-refractivity contribution in [3.63, 3.8) is 0 Å². The van der Waals surface area contributed by atoms with Crippen molar-refractivity contribution in [2.45, 2.75) is 144 Å². The van der Waals surface area contributed by atoms with Gasteiger partial charge >= 0.3 is 17.9 Å². The standard InChI is InChI=1S/C33H54O7/c1-19(2)10-9-11-20(3)25-12-13-26-28-27(15-16-31(25,26)7)32(8)17-14-24(38-21(4)34)18-33(32,37)30(40-23(6)36)29(28)39-22(5)35/h19-20,24-30,37H,9-18H2,1-8H3/t20-,24+,25-,26+,27+,28+,29-,30-,31-,32-,33+/m1/s1. The highest BCUT2D eigenvalue weighted by molar-refractivity contribution is 5.68. The summed E-state index contributed by atoms with van der Waals surface area (Å²) in [7, 11) is 0. The molecule has 0 amide bonds. The molecule has 0 bridgehead atoms. The summed E-state index contributed by atoms with van der Waals surface area (Å²) in [5.41, 5.74) is -1.93. The highest BCUT2D eigenvalue weighted by Gasteiger charge is 2.72. The second-order valence-electron chi connectivity index (χ2n) is 14.7. The fourth-order valence-corrected chi connectivity index (χ4v) is 10.2. The average molecular weight is 563 g/mol. The Labute approximate surface area is 241 Å². The van der Waals surface area contributed by atoms with E-state index in [1.807, 2.05) is 0 Å². The van der Waals surface area contributed by atoms with Crippen molar-refractivity contribution >= 4 is 17.9 Å². The summed E-state index contributed by atoms with van der Waals surface area (Å²) in [6.45, 7) is 15.7. The van der Waals surface area contributed by atoms with Crippen LogP contribution in [0, 0.1) is 46.3 Å². The molecule has 4 fully saturated rings. The summed E-state index contributed by atoms with van der Waals surface area (Å²) in [5.74, 6) is 1.04. The zero-order chi connectivity index (χ0) is 29.6. The van der Waals surface area contributed by atoms with E-state index in [9.17, 15) is 19.5 Å². The third-order valence-corrected chi connectivity index (χ3v) is 11.9. The predicted molar refractivity (Wildman–Crippen MR) is 152 cm³/mol. The molecule has 0 saturated heterocycles. The van der Waals surface area contributed by atoms with Crippen LogP contribution in [-0.2, 0) is 28.6 Å². The van der Waals surface area contributed by atoms with Gasteiger partial charge in [-0.25, -0.2) is 0 Å². The first-order valence-electron chi connectivity index (χ1n) is 15.9. The van der Waals surface area contributed by atoms with E-state index in [4.69, 9.17) is 14.2 Å². The highest BCUT2D eigenvalue weighted by atomic mass is 16.6. The molecule has 4 saturated carbocycles. The van der Waals surface area contributed by atoms with Gasteiger partial charge in [-0.05, 0) is 73.5 Å². The van der Waals surface area contributed by atoms with Gasteiger partial charge in [-0.15, -0.1) is 0 Å². The topological polar surface area (TPSA) is 99.1 Å². The Bertz CT molecular complexity index is 962. The van der Waals surface area contributed by atoms with Crippen molar-refractivity contribution in [2.24, 2.45) is 46.3 Å². The Balaban J connectivity index is 1.72. The lowest BCUT2D eigenvalue weighted by Crippen LogP contribution is -2.74. The molecule has 0 aromatic heterocycles. The molecule has 0 aromatic carbocycles. The van der Waals surface area contributed by atoms with Gasteiger partial charge < -0.3 is 19.3 Å². The lowest BCUT2D eigenvalue weighted by molar-refractivity contribution is -0.303. The second kappa shape index (κ2) is 11.6. The van der Waals surface area contributed by atoms with Gasteiger partial charge in [0.15, 0.2) is 6.10 Å². The van der Waals surface area contributed by atoms with E-state index < -0.39 is 41.3 Å². The Morgan fingerprint density at radius 3 is 2.08 bits per heavy atom. The number of esters is 3. The van der Waals surface area contributed by atoms with Crippen molar-refractivity contribution in [3.05, 3.63) is 0 Å². The number of hydrogen-bond acceptors (Lipinski definition) is 7. The summed E-state index contributed by atoms with van der Waals surface area (Å²) in [6.07, 6.45) is 7.25. The zero-order valence-corrected chi connectivity index (χ0v) is 26.2. The molecular formula is C33H54O7. The number of carbonyl (C=O) groups excluding carboxylic acids is 3. The van der Waals surface area contributed by atoms with Crippen LogP contribution in [-0.4, -0.2) is 46.9 Å². The molecule has 7 nitrogen and oxygen atoms in total. The number of fused-ring (bicyclic) bond motifs is 5. The number of aliphatic hydroxyl groups is 1. The van der Waals surface area contributed by atoms with Gasteiger partial charge in [-0.1, -0.05) is 53.9 Å². The van der Waals surface area contributed by atoms with E-state index in [1.54, 1.807) is 0 Å². The zero-order valence-electron chi connectivity index (χ0n) is 26.2. The Kier molecular flexibility index (Phi) is 9.05. The first-order valence-corrected chi connectivity index (χ1v) is 15.9. The van der Waals surface area contributed by atoms with E-state index >= 15 is 0 Å². The number of ether oxygens (including phenoxy) is 3. The van der Waals surface area contributed by atoms with Crippen LogP contribution in [0.1, 0.15) is 120 Å². The van der Waals surface area contributed by atoms with Gasteiger partial charge in [0.05, 0.1) is 0 Å². The summed E-state index contributed by atoms with van der Waals surface area (Å²) >= 11 is 0. The molecule has 40 heavy (non-hydrogen) atoms. The molecule has 11 atom stereocenters. The van der Waals surface area contributed by atoms with Crippen LogP contribution in [0.5, 0.6) is 0 Å². The van der Waals surface area contributed by atoms with Gasteiger partial charge in [0, 0.05) is 38.5 Å². The fourth-order valence-electron chi connectivity index (χ4n) is 10.2. The molecule has 7 heteroatoms. The molecule has 0 aliphatic heterocycles. The van der Waals surface area contributed by atoms with Crippen LogP contribution < -0.4 is 0 Å². The molecule has 1 N–H and O–H groups in total. The Morgan fingerprint density at radius 2 is 1.48 bits per heavy atom. The molecule has 0 heterocycles. The Morgan fingerprint density at radius 1 is 0.825 bits per heavy atom. The maximum atomic E-state index is 12.6. The van der Waals surface area contributed by atoms with Crippen molar-refractivity contribution in [1.82, 2.24) is 0 Å². The normalized spacial score (nSPS) is 43.2.